The van der Waals surface area contributed by atoms with Gasteiger partial charge in [-0.25, -0.2) is 0 Å². The molecule has 4 bridgehead atoms. The fourth-order valence-corrected chi connectivity index (χ4v) is 8.34. The first-order valence-corrected chi connectivity index (χ1v) is 20.7. The molecular formula is C43H61N7O8. The van der Waals surface area contributed by atoms with Gasteiger partial charge in [0.15, 0.2) is 6.10 Å². The largest absolute Gasteiger partial charge is 0.494 e. The van der Waals surface area contributed by atoms with Gasteiger partial charge in [0, 0.05) is 26.7 Å². The van der Waals surface area contributed by atoms with Crippen LogP contribution in [0.4, 0.5) is 0 Å². The number of nitrogens with one attached hydrogen (secondary N) is 5. The second-order valence-corrected chi connectivity index (χ2v) is 16.3. The fraction of sp³-hybridized carbons (Fsp3) is 0.581. The summed E-state index contributed by atoms with van der Waals surface area (Å²) >= 11 is 0. The Balaban J connectivity index is 1.31. The van der Waals surface area contributed by atoms with Gasteiger partial charge in [-0.1, -0.05) is 75.1 Å². The number of benzene rings is 2. The van der Waals surface area contributed by atoms with Crippen molar-refractivity contribution < 1.29 is 38.6 Å². The lowest BCUT2D eigenvalue weighted by Gasteiger charge is -2.38. The van der Waals surface area contributed by atoms with Crippen LogP contribution in [0.1, 0.15) is 88.8 Å². The highest BCUT2D eigenvalue weighted by Crippen LogP contribution is 2.30. The van der Waals surface area contributed by atoms with Gasteiger partial charge in [-0.15, -0.1) is 0 Å². The monoisotopic (exact) mass is 803 g/mol. The van der Waals surface area contributed by atoms with Gasteiger partial charge in [-0.05, 0) is 74.8 Å². The van der Waals surface area contributed by atoms with Gasteiger partial charge in [-0.2, -0.15) is 0 Å². The number of carbonyl (C=O) groups excluding carboxylic acids is 6. The molecule has 0 spiro atoms. The zero-order chi connectivity index (χ0) is 41.8. The zero-order valence-corrected chi connectivity index (χ0v) is 34.3. The van der Waals surface area contributed by atoms with Crippen LogP contribution < -0.4 is 31.3 Å². The van der Waals surface area contributed by atoms with Crippen molar-refractivity contribution in [1.82, 2.24) is 36.4 Å². The van der Waals surface area contributed by atoms with Gasteiger partial charge in [0.05, 0.1) is 25.1 Å². The van der Waals surface area contributed by atoms with Crippen molar-refractivity contribution in [2.75, 3.05) is 40.3 Å². The maximum Gasteiger partial charge on any atom is 0.251 e. The van der Waals surface area contributed by atoms with Crippen molar-refractivity contribution in [2.24, 2.45) is 5.92 Å². The summed E-state index contributed by atoms with van der Waals surface area (Å²) in [4.78, 5) is 84.9. The minimum absolute atomic E-state index is 0.0700. The fourth-order valence-electron chi connectivity index (χ4n) is 8.34. The van der Waals surface area contributed by atoms with Crippen LogP contribution in [0, 0.1) is 5.92 Å². The first kappa shape index (κ1) is 44.1. The maximum atomic E-state index is 14.7. The predicted molar refractivity (Wildman–Crippen MR) is 217 cm³/mol. The van der Waals surface area contributed by atoms with Gasteiger partial charge >= 0.3 is 0 Å². The maximum absolute atomic E-state index is 14.7. The zero-order valence-electron chi connectivity index (χ0n) is 34.3. The van der Waals surface area contributed by atoms with Crippen LogP contribution >= 0.6 is 0 Å². The lowest BCUT2D eigenvalue weighted by molar-refractivity contribution is -0.145. The highest BCUT2D eigenvalue weighted by molar-refractivity contribution is 5.95. The van der Waals surface area contributed by atoms with Gasteiger partial charge < -0.3 is 46.2 Å². The van der Waals surface area contributed by atoms with Gasteiger partial charge in [0.25, 0.3) is 5.91 Å². The molecule has 2 aromatic carbocycles. The molecule has 2 aliphatic heterocycles. The van der Waals surface area contributed by atoms with Gasteiger partial charge in [0.2, 0.25) is 29.5 Å². The van der Waals surface area contributed by atoms with E-state index in [0.717, 1.165) is 37.7 Å². The lowest BCUT2D eigenvalue weighted by Crippen LogP contribution is -2.63. The van der Waals surface area contributed by atoms with Crippen LogP contribution in [0.5, 0.6) is 5.75 Å². The summed E-state index contributed by atoms with van der Waals surface area (Å²) in [6, 6.07) is 13.1. The summed E-state index contributed by atoms with van der Waals surface area (Å²) in [5.41, 5.74) is -0.141. The number of hydrogen-bond donors (Lipinski definition) is 6. The van der Waals surface area contributed by atoms with E-state index in [9.17, 15) is 33.9 Å². The van der Waals surface area contributed by atoms with Crippen molar-refractivity contribution in [1.29, 1.82) is 0 Å². The first-order valence-electron chi connectivity index (χ1n) is 20.7. The number of rotatable bonds is 12. The Morgan fingerprint density at radius 2 is 1.76 bits per heavy atom. The number of aliphatic hydroxyl groups excluding tert-OH is 1. The van der Waals surface area contributed by atoms with Crippen molar-refractivity contribution in [3.05, 3.63) is 65.7 Å². The molecule has 5 rings (SSSR count). The molecule has 3 aliphatic rings. The second-order valence-electron chi connectivity index (χ2n) is 16.3. The third-order valence-corrected chi connectivity index (χ3v) is 11.5. The van der Waals surface area contributed by atoms with E-state index in [-0.39, 0.29) is 55.5 Å². The molecule has 58 heavy (non-hydrogen) atoms. The summed E-state index contributed by atoms with van der Waals surface area (Å²) < 4.78 is 5.96. The molecule has 1 saturated carbocycles. The molecule has 6 amide bonds. The summed E-state index contributed by atoms with van der Waals surface area (Å²) in [5, 5.41) is 26.1. The van der Waals surface area contributed by atoms with E-state index in [1.54, 1.807) is 56.3 Å². The van der Waals surface area contributed by atoms with Crippen LogP contribution in [0.2, 0.25) is 0 Å². The standard InChI is InChI=1S/C43H61N7O8/c1-5-20-43(2,38(53)40(55)45-26-35(52)47-36(41(56)49(3)4)29-15-8-6-9-16-29)48-39(54)33-25-31-27-50(33)42(57)37(30-17-10-7-11-18-30)46-34(51)24-28-14-12-19-32(23-28)58-22-13-21-44-31/h6,8-9,12,14-16,19,23,30-31,33,36-38,44,53H,5,7,10-11,13,17-18,20-22,24-27H2,1-4H3,(H,45,55)(H,46,51)(H,47,52)(H,48,54)/t31?,33?,36-,37?,38?,43?/m0/s1. The second kappa shape index (κ2) is 20.6. The van der Waals surface area contributed by atoms with Crippen LogP contribution in [0.3, 0.4) is 0 Å². The molecule has 15 heteroatoms. The number of carbonyl (C=O) groups is 6. The van der Waals surface area contributed by atoms with E-state index in [1.165, 1.54) is 4.90 Å². The Bertz CT molecular complexity index is 1750. The molecule has 5 unspecified atom stereocenters. The average Bonchev–Trinajstić information content (AvgIpc) is 3.65. The summed E-state index contributed by atoms with van der Waals surface area (Å²) in [7, 11) is 3.15. The Labute approximate surface area is 341 Å². The molecule has 2 aromatic rings. The smallest absolute Gasteiger partial charge is 0.251 e. The quantitative estimate of drug-likeness (QED) is 0.185. The van der Waals surface area contributed by atoms with Crippen LogP contribution in [-0.4, -0.2) is 120 Å². The molecule has 316 valence electrons. The van der Waals surface area contributed by atoms with E-state index >= 15 is 0 Å². The van der Waals surface area contributed by atoms with E-state index < -0.39 is 54.0 Å². The molecule has 6 atom stereocenters. The Morgan fingerprint density at radius 3 is 2.47 bits per heavy atom. The molecule has 0 radical (unpaired) electrons. The van der Waals surface area contributed by atoms with E-state index in [4.69, 9.17) is 4.74 Å². The summed E-state index contributed by atoms with van der Waals surface area (Å²) in [6.07, 6.45) is 4.44. The van der Waals surface area contributed by atoms with Crippen LogP contribution in [0.25, 0.3) is 0 Å². The number of ether oxygens (including phenoxy) is 1. The molecule has 6 N–H and O–H groups in total. The molecule has 2 heterocycles. The van der Waals surface area contributed by atoms with E-state index in [0.29, 0.717) is 37.3 Å². The minimum Gasteiger partial charge on any atom is -0.494 e. The number of likely N-dealkylation sites (N-methyl/N-ethyl adjacent to an activating group) is 1. The average molecular weight is 804 g/mol. The van der Waals surface area contributed by atoms with Crippen molar-refractivity contribution in [2.45, 2.75) is 114 Å². The third kappa shape index (κ3) is 11.6. The number of amides is 6. The van der Waals surface area contributed by atoms with Crippen molar-refractivity contribution in [3.63, 3.8) is 0 Å². The first-order chi connectivity index (χ1) is 27.8. The molecule has 1 saturated heterocycles. The predicted octanol–water partition coefficient (Wildman–Crippen LogP) is 1.73. The number of aliphatic hydroxyl groups is 1. The Hall–Kier alpha value is -5.02. The van der Waals surface area contributed by atoms with Crippen LogP contribution in [-0.2, 0) is 35.2 Å². The van der Waals surface area contributed by atoms with Gasteiger partial charge in [-0.3, -0.25) is 28.8 Å². The number of hydrogen-bond acceptors (Lipinski definition) is 9. The van der Waals surface area contributed by atoms with Crippen molar-refractivity contribution in [3.8, 4) is 5.75 Å². The minimum atomic E-state index is -1.77. The topological polar surface area (TPSA) is 199 Å². The highest BCUT2D eigenvalue weighted by Gasteiger charge is 2.47. The summed E-state index contributed by atoms with van der Waals surface area (Å²) in [5.74, 6) is -2.46. The molecule has 2 fully saturated rings. The molecule has 15 nitrogen and oxygen atoms in total. The SMILES string of the molecule is CCCC(C)(NC(=O)C1CC2CN1C(=O)C(C1CCCCC1)NC(=O)Cc1cccc(c1)OCCCN2)C(O)C(=O)NCC(=O)N[C@H](C(=O)N(C)C)c1ccccc1. The normalized spacial score (nSPS) is 22.6. The van der Waals surface area contributed by atoms with Crippen LogP contribution in [0.15, 0.2) is 54.6 Å². The Morgan fingerprint density at radius 1 is 1.02 bits per heavy atom. The molecular weight excluding hydrogens is 743 g/mol. The molecule has 1 aliphatic carbocycles. The summed E-state index contributed by atoms with van der Waals surface area (Å²) in [6.45, 7) is 4.15. The molecule has 0 aromatic heterocycles. The number of fused-ring (bicyclic) bond motifs is 4. The van der Waals surface area contributed by atoms with Crippen molar-refractivity contribution >= 4 is 35.4 Å². The lowest BCUT2D eigenvalue weighted by atomic mass is 9.83. The highest BCUT2D eigenvalue weighted by atomic mass is 16.5. The Kier molecular flexibility index (Phi) is 15.7. The van der Waals surface area contributed by atoms with E-state index in [1.807, 2.05) is 31.2 Å². The van der Waals surface area contributed by atoms with E-state index in [2.05, 4.69) is 26.6 Å². The van der Waals surface area contributed by atoms with Gasteiger partial charge in [0.1, 0.15) is 23.9 Å². The number of nitrogens with zero attached hydrogens (tertiary/aromatic N) is 2. The third-order valence-electron chi connectivity index (χ3n) is 11.5.